The number of hydrogen-bond acceptors (Lipinski definition) is 8. The molecular weight excluding hydrogens is 288 g/mol. The standard InChI is InChI=1S/C12H16O7S/c1-5(13)16-9-8-4-20-12(18-7(3)15)11(19-8)10(9)17-6(2)14/h8-12H,4H2,1-3H3/t8-,9+,10-,11-,12-/m0/s1. The Labute approximate surface area is 120 Å². The van der Waals surface area contributed by atoms with Crippen molar-refractivity contribution in [3.8, 4) is 0 Å². The molecule has 0 aromatic heterocycles. The Morgan fingerprint density at radius 3 is 2.05 bits per heavy atom. The summed E-state index contributed by atoms with van der Waals surface area (Å²) < 4.78 is 21.2. The van der Waals surface area contributed by atoms with Crippen molar-refractivity contribution >= 4 is 29.7 Å². The average Bonchev–Trinajstić information content (AvgIpc) is 2.57. The second-order valence-corrected chi connectivity index (χ2v) is 5.73. The van der Waals surface area contributed by atoms with Crippen molar-refractivity contribution in [2.75, 3.05) is 5.75 Å². The Bertz CT molecular complexity index is 424. The molecule has 0 aromatic carbocycles. The Kier molecular flexibility index (Phi) is 4.54. The molecule has 0 aromatic rings. The zero-order valence-electron chi connectivity index (χ0n) is 11.4. The molecule has 2 aliphatic heterocycles. The summed E-state index contributed by atoms with van der Waals surface area (Å²) in [6, 6.07) is 0. The van der Waals surface area contributed by atoms with Gasteiger partial charge in [0.15, 0.2) is 17.6 Å². The Balaban J connectivity index is 2.17. The molecule has 0 saturated carbocycles. The van der Waals surface area contributed by atoms with Crippen molar-refractivity contribution < 1.29 is 33.3 Å². The lowest BCUT2D eigenvalue weighted by molar-refractivity contribution is -0.166. The first kappa shape index (κ1) is 15.1. The van der Waals surface area contributed by atoms with Crippen LogP contribution in [0.2, 0.25) is 0 Å². The van der Waals surface area contributed by atoms with E-state index < -0.39 is 41.7 Å². The number of thioether (sulfide) groups is 1. The Morgan fingerprint density at radius 2 is 1.50 bits per heavy atom. The summed E-state index contributed by atoms with van der Waals surface area (Å²) in [6.07, 6.45) is -2.43. The van der Waals surface area contributed by atoms with E-state index in [1.165, 1.54) is 32.5 Å². The summed E-state index contributed by atoms with van der Waals surface area (Å²) in [4.78, 5) is 33.5. The summed E-state index contributed by atoms with van der Waals surface area (Å²) in [6.45, 7) is 3.84. The average molecular weight is 304 g/mol. The second kappa shape index (κ2) is 6.01. The molecule has 2 heterocycles. The van der Waals surface area contributed by atoms with E-state index in [9.17, 15) is 14.4 Å². The van der Waals surface area contributed by atoms with Gasteiger partial charge >= 0.3 is 17.9 Å². The van der Waals surface area contributed by atoms with Crippen molar-refractivity contribution in [2.24, 2.45) is 0 Å². The maximum Gasteiger partial charge on any atom is 0.303 e. The number of carbonyl (C=O) groups excluding carboxylic acids is 3. The molecule has 0 aliphatic carbocycles. The Morgan fingerprint density at radius 1 is 0.950 bits per heavy atom. The second-order valence-electron chi connectivity index (χ2n) is 4.60. The summed E-state index contributed by atoms with van der Waals surface area (Å²) >= 11 is 1.38. The van der Waals surface area contributed by atoms with Gasteiger partial charge in [0.05, 0.1) is 0 Å². The molecule has 2 rings (SSSR count). The molecule has 8 heteroatoms. The van der Waals surface area contributed by atoms with Gasteiger partial charge in [0.2, 0.25) is 0 Å². The minimum Gasteiger partial charge on any atom is -0.456 e. The van der Waals surface area contributed by atoms with Crippen molar-refractivity contribution in [3.05, 3.63) is 0 Å². The van der Waals surface area contributed by atoms with Gasteiger partial charge in [-0.2, -0.15) is 0 Å². The third-order valence-electron chi connectivity index (χ3n) is 2.93. The zero-order chi connectivity index (χ0) is 14.9. The van der Waals surface area contributed by atoms with Crippen LogP contribution in [-0.4, -0.2) is 53.5 Å². The first-order valence-electron chi connectivity index (χ1n) is 6.17. The van der Waals surface area contributed by atoms with Crippen LogP contribution in [-0.2, 0) is 33.3 Å². The van der Waals surface area contributed by atoms with Crippen LogP contribution in [0.1, 0.15) is 20.8 Å². The van der Waals surface area contributed by atoms with Crippen molar-refractivity contribution in [3.63, 3.8) is 0 Å². The van der Waals surface area contributed by atoms with Crippen molar-refractivity contribution in [1.82, 2.24) is 0 Å². The SMILES string of the molecule is CC(=O)O[C@H]1[C@H](OC(C)=O)[C@@H]2CS[C@H](OC(C)=O)[C@H]1O2. The van der Waals surface area contributed by atoms with E-state index in [1.807, 2.05) is 0 Å². The first-order chi connectivity index (χ1) is 9.38. The highest BCUT2D eigenvalue weighted by Gasteiger charge is 2.56. The van der Waals surface area contributed by atoms with Gasteiger partial charge in [0, 0.05) is 26.5 Å². The third kappa shape index (κ3) is 3.24. The number of hydrogen-bond donors (Lipinski definition) is 0. The Hall–Kier alpha value is -1.28. The quantitative estimate of drug-likeness (QED) is 0.542. The number of esters is 3. The predicted octanol–water partition coefficient (Wildman–Crippen LogP) is 0.253. The van der Waals surface area contributed by atoms with Crippen LogP contribution in [0.15, 0.2) is 0 Å². The molecule has 5 atom stereocenters. The van der Waals surface area contributed by atoms with Crippen LogP contribution in [0.25, 0.3) is 0 Å². The molecule has 20 heavy (non-hydrogen) atoms. The lowest BCUT2D eigenvalue weighted by atomic mass is 10.1. The molecule has 2 aliphatic rings. The van der Waals surface area contributed by atoms with Crippen LogP contribution < -0.4 is 0 Å². The number of rotatable bonds is 3. The van der Waals surface area contributed by atoms with E-state index in [1.54, 1.807) is 0 Å². The van der Waals surface area contributed by atoms with Gasteiger partial charge in [0.1, 0.15) is 12.2 Å². The topological polar surface area (TPSA) is 88.1 Å². The molecule has 2 saturated heterocycles. The zero-order valence-corrected chi connectivity index (χ0v) is 12.2. The van der Waals surface area contributed by atoms with E-state index >= 15 is 0 Å². The molecule has 112 valence electrons. The fourth-order valence-corrected chi connectivity index (χ4v) is 3.58. The van der Waals surface area contributed by atoms with Gasteiger partial charge in [-0.25, -0.2) is 0 Å². The minimum absolute atomic E-state index is 0.370. The molecule has 0 amide bonds. The van der Waals surface area contributed by atoms with Crippen molar-refractivity contribution in [2.45, 2.75) is 50.6 Å². The lowest BCUT2D eigenvalue weighted by Gasteiger charge is -2.28. The molecule has 0 radical (unpaired) electrons. The van der Waals surface area contributed by atoms with Crippen LogP contribution in [0, 0.1) is 0 Å². The predicted molar refractivity (Wildman–Crippen MR) is 67.8 cm³/mol. The van der Waals surface area contributed by atoms with E-state index in [2.05, 4.69) is 0 Å². The molecule has 0 N–H and O–H groups in total. The fraction of sp³-hybridized carbons (Fsp3) is 0.750. The highest BCUT2D eigenvalue weighted by Crippen LogP contribution is 2.40. The molecule has 2 bridgehead atoms. The van der Waals surface area contributed by atoms with Gasteiger partial charge in [-0.1, -0.05) is 0 Å². The number of carbonyl (C=O) groups is 3. The van der Waals surface area contributed by atoms with Gasteiger partial charge in [-0.3, -0.25) is 14.4 Å². The van der Waals surface area contributed by atoms with Crippen LogP contribution in [0.4, 0.5) is 0 Å². The number of ether oxygens (including phenoxy) is 4. The van der Waals surface area contributed by atoms with Gasteiger partial charge in [0.25, 0.3) is 0 Å². The molecule has 0 unspecified atom stereocenters. The minimum atomic E-state index is -0.763. The maximum atomic E-state index is 11.2. The summed E-state index contributed by atoms with van der Waals surface area (Å²) in [7, 11) is 0. The molecule has 7 nitrogen and oxygen atoms in total. The van der Waals surface area contributed by atoms with Gasteiger partial charge in [-0.05, 0) is 0 Å². The highest BCUT2D eigenvalue weighted by atomic mass is 32.2. The molecular formula is C12H16O7S. The monoisotopic (exact) mass is 304 g/mol. The summed E-state index contributed by atoms with van der Waals surface area (Å²) in [5.41, 5.74) is -0.575. The fourth-order valence-electron chi connectivity index (χ4n) is 2.32. The summed E-state index contributed by atoms with van der Waals surface area (Å²) in [5.74, 6) is -0.932. The lowest BCUT2D eigenvalue weighted by Crippen LogP contribution is -2.42. The van der Waals surface area contributed by atoms with E-state index in [-0.39, 0.29) is 6.10 Å². The van der Waals surface area contributed by atoms with Crippen LogP contribution in [0.5, 0.6) is 0 Å². The van der Waals surface area contributed by atoms with E-state index in [0.29, 0.717) is 5.75 Å². The smallest absolute Gasteiger partial charge is 0.303 e. The van der Waals surface area contributed by atoms with Gasteiger partial charge < -0.3 is 18.9 Å². The maximum absolute atomic E-state index is 11.2. The van der Waals surface area contributed by atoms with Crippen LogP contribution in [0.3, 0.4) is 0 Å². The van der Waals surface area contributed by atoms with E-state index in [0.717, 1.165) is 0 Å². The van der Waals surface area contributed by atoms with E-state index in [4.69, 9.17) is 18.9 Å². The van der Waals surface area contributed by atoms with Gasteiger partial charge in [-0.15, -0.1) is 11.8 Å². The largest absolute Gasteiger partial charge is 0.456 e. The first-order valence-corrected chi connectivity index (χ1v) is 7.22. The van der Waals surface area contributed by atoms with Crippen LogP contribution >= 0.6 is 11.8 Å². The summed E-state index contributed by atoms with van der Waals surface area (Å²) in [5, 5.41) is 0. The normalized spacial score (nSPS) is 35.2. The third-order valence-corrected chi connectivity index (χ3v) is 4.14. The highest BCUT2D eigenvalue weighted by molar-refractivity contribution is 7.99. The number of fused-ring (bicyclic) bond motifs is 2. The molecule has 2 fully saturated rings. The molecule has 0 spiro atoms. The van der Waals surface area contributed by atoms with Crippen molar-refractivity contribution in [1.29, 1.82) is 0 Å².